The second-order valence-electron chi connectivity index (χ2n) is 7.06. The molecular weight excluding hydrogens is 333 g/mol. The van der Waals surface area contributed by atoms with Crippen molar-refractivity contribution >= 4 is 11.8 Å². The van der Waals surface area contributed by atoms with Crippen molar-refractivity contribution in [3.05, 3.63) is 65.2 Å². The molecule has 0 saturated carbocycles. The molecule has 0 bridgehead atoms. The number of pyridine rings is 1. The van der Waals surface area contributed by atoms with Crippen LogP contribution in [-0.2, 0) is 11.2 Å². The predicted octanol–water partition coefficient (Wildman–Crippen LogP) is 2.54. The standard InChI is InChI=1S/C20H22FN3O2/c1-20(19(22)26)6-9-24(10-7-20)18(25)15-5-8-23-17(13-15)12-14-3-2-4-16(21)11-14/h2-5,8,11,13H,6-7,9-10,12H2,1H3,(H2,22,26). The summed E-state index contributed by atoms with van der Waals surface area (Å²) in [5.74, 6) is -0.689. The summed E-state index contributed by atoms with van der Waals surface area (Å²) in [5, 5.41) is 0. The number of piperidine rings is 1. The Morgan fingerprint density at radius 3 is 2.62 bits per heavy atom. The van der Waals surface area contributed by atoms with Gasteiger partial charge in [-0.05, 0) is 42.7 Å². The van der Waals surface area contributed by atoms with E-state index in [9.17, 15) is 14.0 Å². The molecule has 1 aromatic carbocycles. The molecule has 26 heavy (non-hydrogen) atoms. The van der Waals surface area contributed by atoms with Gasteiger partial charge in [0.1, 0.15) is 5.82 Å². The molecule has 1 aliphatic heterocycles. The molecule has 2 amide bonds. The largest absolute Gasteiger partial charge is 0.369 e. The number of aromatic nitrogens is 1. The van der Waals surface area contributed by atoms with Gasteiger partial charge in [0.05, 0.1) is 0 Å². The lowest BCUT2D eigenvalue weighted by Gasteiger charge is -2.37. The molecule has 136 valence electrons. The first-order valence-electron chi connectivity index (χ1n) is 8.66. The summed E-state index contributed by atoms with van der Waals surface area (Å²) in [5.41, 5.74) is 6.98. The van der Waals surface area contributed by atoms with Crippen LogP contribution in [0, 0.1) is 11.2 Å². The van der Waals surface area contributed by atoms with E-state index in [0.717, 1.165) is 5.56 Å². The second kappa shape index (κ2) is 7.23. The Balaban J connectivity index is 1.70. The minimum absolute atomic E-state index is 0.0839. The van der Waals surface area contributed by atoms with Gasteiger partial charge in [-0.15, -0.1) is 0 Å². The number of amides is 2. The number of hydrogen-bond donors (Lipinski definition) is 1. The molecule has 0 aliphatic carbocycles. The number of rotatable bonds is 4. The molecule has 2 N–H and O–H groups in total. The van der Waals surface area contributed by atoms with Crippen molar-refractivity contribution < 1.29 is 14.0 Å². The Morgan fingerprint density at radius 1 is 1.23 bits per heavy atom. The van der Waals surface area contributed by atoms with Gasteiger partial charge in [0.25, 0.3) is 5.91 Å². The van der Waals surface area contributed by atoms with Gasteiger partial charge in [-0.25, -0.2) is 4.39 Å². The Morgan fingerprint density at radius 2 is 1.96 bits per heavy atom. The molecule has 1 aliphatic rings. The van der Waals surface area contributed by atoms with Gasteiger partial charge in [-0.2, -0.15) is 0 Å². The minimum Gasteiger partial charge on any atom is -0.369 e. The average Bonchev–Trinajstić information content (AvgIpc) is 2.62. The summed E-state index contributed by atoms with van der Waals surface area (Å²) < 4.78 is 13.3. The summed E-state index contributed by atoms with van der Waals surface area (Å²) in [6, 6.07) is 9.77. The van der Waals surface area contributed by atoms with E-state index in [0.29, 0.717) is 43.6 Å². The highest BCUT2D eigenvalue weighted by Crippen LogP contribution is 2.31. The fraction of sp³-hybridized carbons (Fsp3) is 0.350. The van der Waals surface area contributed by atoms with E-state index >= 15 is 0 Å². The van der Waals surface area contributed by atoms with Crippen molar-refractivity contribution in [2.45, 2.75) is 26.2 Å². The number of carbonyl (C=O) groups is 2. The summed E-state index contributed by atoms with van der Waals surface area (Å²) in [7, 11) is 0. The quantitative estimate of drug-likeness (QED) is 0.916. The predicted molar refractivity (Wildman–Crippen MR) is 95.9 cm³/mol. The fourth-order valence-corrected chi connectivity index (χ4v) is 3.20. The molecule has 0 spiro atoms. The second-order valence-corrected chi connectivity index (χ2v) is 7.06. The molecular formula is C20H22FN3O2. The third-order valence-electron chi connectivity index (χ3n) is 5.09. The van der Waals surface area contributed by atoms with E-state index in [4.69, 9.17) is 5.73 Å². The summed E-state index contributed by atoms with van der Waals surface area (Å²) in [6.45, 7) is 2.85. The minimum atomic E-state index is -0.544. The summed E-state index contributed by atoms with van der Waals surface area (Å²) in [4.78, 5) is 30.3. The van der Waals surface area contributed by atoms with Crippen LogP contribution in [0.25, 0.3) is 0 Å². The van der Waals surface area contributed by atoms with Crippen molar-refractivity contribution in [3.63, 3.8) is 0 Å². The van der Waals surface area contributed by atoms with Crippen LogP contribution in [0.1, 0.15) is 41.4 Å². The normalized spacial score (nSPS) is 16.3. The molecule has 0 atom stereocenters. The van der Waals surface area contributed by atoms with Gasteiger partial charge < -0.3 is 10.6 Å². The van der Waals surface area contributed by atoms with Gasteiger partial charge in [-0.1, -0.05) is 19.1 Å². The molecule has 1 fully saturated rings. The third kappa shape index (κ3) is 3.90. The van der Waals surface area contributed by atoms with Crippen molar-refractivity contribution in [3.8, 4) is 0 Å². The van der Waals surface area contributed by atoms with Crippen LogP contribution < -0.4 is 5.73 Å². The van der Waals surface area contributed by atoms with E-state index < -0.39 is 5.41 Å². The van der Waals surface area contributed by atoms with E-state index in [1.807, 2.05) is 13.0 Å². The number of likely N-dealkylation sites (tertiary alicyclic amines) is 1. The molecule has 2 heterocycles. The fourth-order valence-electron chi connectivity index (χ4n) is 3.20. The van der Waals surface area contributed by atoms with Crippen LogP contribution in [0.3, 0.4) is 0 Å². The highest BCUT2D eigenvalue weighted by molar-refractivity contribution is 5.94. The van der Waals surface area contributed by atoms with Crippen molar-refractivity contribution in [1.82, 2.24) is 9.88 Å². The van der Waals surface area contributed by atoms with E-state index in [-0.39, 0.29) is 17.6 Å². The number of halogens is 1. The molecule has 0 unspecified atom stereocenters. The van der Waals surface area contributed by atoms with Gasteiger partial charge in [0.2, 0.25) is 5.91 Å². The van der Waals surface area contributed by atoms with Crippen molar-refractivity contribution in [2.24, 2.45) is 11.1 Å². The zero-order valence-electron chi connectivity index (χ0n) is 14.7. The van der Waals surface area contributed by atoms with Crippen LogP contribution in [-0.4, -0.2) is 34.8 Å². The first-order chi connectivity index (χ1) is 12.4. The zero-order valence-corrected chi connectivity index (χ0v) is 14.7. The van der Waals surface area contributed by atoms with Crippen molar-refractivity contribution in [2.75, 3.05) is 13.1 Å². The number of nitrogens with zero attached hydrogens (tertiary/aromatic N) is 2. The third-order valence-corrected chi connectivity index (χ3v) is 5.09. The maximum atomic E-state index is 13.3. The molecule has 3 rings (SSSR count). The maximum absolute atomic E-state index is 13.3. The Kier molecular flexibility index (Phi) is 5.02. The highest BCUT2D eigenvalue weighted by Gasteiger charge is 2.36. The van der Waals surface area contributed by atoms with Gasteiger partial charge >= 0.3 is 0 Å². The molecule has 2 aromatic rings. The first-order valence-corrected chi connectivity index (χ1v) is 8.66. The number of carbonyl (C=O) groups excluding carboxylic acids is 2. The molecule has 1 aromatic heterocycles. The SMILES string of the molecule is CC1(C(N)=O)CCN(C(=O)c2ccnc(Cc3cccc(F)c3)c2)CC1. The number of nitrogens with two attached hydrogens (primary N) is 1. The van der Waals surface area contributed by atoms with Crippen LogP contribution in [0.15, 0.2) is 42.6 Å². The Labute approximate surface area is 152 Å². The summed E-state index contributed by atoms with van der Waals surface area (Å²) >= 11 is 0. The molecule has 1 saturated heterocycles. The Bertz CT molecular complexity index is 829. The number of primary amides is 1. The van der Waals surface area contributed by atoms with Gasteiger partial charge in [-0.3, -0.25) is 14.6 Å². The van der Waals surface area contributed by atoms with E-state index in [2.05, 4.69) is 4.98 Å². The molecule has 5 nitrogen and oxygen atoms in total. The lowest BCUT2D eigenvalue weighted by Crippen LogP contribution is -2.47. The highest BCUT2D eigenvalue weighted by atomic mass is 19.1. The lowest BCUT2D eigenvalue weighted by molar-refractivity contribution is -0.129. The van der Waals surface area contributed by atoms with Crippen LogP contribution in [0.2, 0.25) is 0 Å². The van der Waals surface area contributed by atoms with Gasteiger partial charge in [0, 0.05) is 42.4 Å². The zero-order chi connectivity index (χ0) is 18.7. The number of benzene rings is 1. The van der Waals surface area contributed by atoms with Crippen LogP contribution >= 0.6 is 0 Å². The number of hydrogen-bond acceptors (Lipinski definition) is 3. The molecule has 6 heteroatoms. The molecule has 0 radical (unpaired) electrons. The monoisotopic (exact) mass is 355 g/mol. The van der Waals surface area contributed by atoms with Gasteiger partial charge in [0.15, 0.2) is 0 Å². The van der Waals surface area contributed by atoms with Crippen LogP contribution in [0.4, 0.5) is 4.39 Å². The average molecular weight is 355 g/mol. The van der Waals surface area contributed by atoms with Crippen molar-refractivity contribution in [1.29, 1.82) is 0 Å². The summed E-state index contributed by atoms with van der Waals surface area (Å²) in [6.07, 6.45) is 3.18. The topological polar surface area (TPSA) is 76.3 Å². The lowest BCUT2D eigenvalue weighted by atomic mass is 9.79. The smallest absolute Gasteiger partial charge is 0.253 e. The first kappa shape index (κ1) is 18.0. The van der Waals surface area contributed by atoms with E-state index in [1.54, 1.807) is 29.3 Å². The van der Waals surface area contributed by atoms with E-state index in [1.165, 1.54) is 12.1 Å². The van der Waals surface area contributed by atoms with Crippen LogP contribution in [0.5, 0.6) is 0 Å². The maximum Gasteiger partial charge on any atom is 0.253 e. The Hall–Kier alpha value is -2.76.